The van der Waals surface area contributed by atoms with Crippen molar-refractivity contribution in [3.63, 3.8) is 0 Å². The molecular weight excluding hydrogens is 372 g/mol. The summed E-state index contributed by atoms with van der Waals surface area (Å²) in [5.74, 6) is -0.248. The highest BCUT2D eigenvalue weighted by Crippen LogP contribution is 2.20. The fourth-order valence-electron chi connectivity index (χ4n) is 2.70. The molecule has 0 atom stereocenters. The van der Waals surface area contributed by atoms with Gasteiger partial charge in [-0.05, 0) is 74.4 Å². The molecule has 0 aromatic heterocycles. The van der Waals surface area contributed by atoms with Gasteiger partial charge in [0.05, 0.1) is 4.90 Å². The summed E-state index contributed by atoms with van der Waals surface area (Å²) in [7, 11) is -3.67. The van der Waals surface area contributed by atoms with E-state index in [1.165, 1.54) is 0 Å². The molecule has 0 unspecified atom stereocenters. The number of hydrogen-bond acceptors (Lipinski definition) is 3. The molecule has 1 amide bonds. The molecule has 0 aliphatic heterocycles. The van der Waals surface area contributed by atoms with Crippen molar-refractivity contribution >= 4 is 27.3 Å². The number of benzene rings is 3. The molecule has 3 rings (SSSR count). The molecule has 6 heteroatoms. The molecule has 0 saturated carbocycles. The topological polar surface area (TPSA) is 75.3 Å². The van der Waals surface area contributed by atoms with Crippen molar-refractivity contribution in [3.05, 3.63) is 89.0 Å². The number of hydrogen-bond donors (Lipinski definition) is 2. The van der Waals surface area contributed by atoms with E-state index in [1.54, 1.807) is 48.5 Å². The Morgan fingerprint density at radius 3 is 2.11 bits per heavy atom. The lowest BCUT2D eigenvalue weighted by atomic mass is 10.1. The second kappa shape index (κ2) is 7.86. The minimum absolute atomic E-state index is 0.190. The third kappa shape index (κ3) is 4.40. The predicted molar refractivity (Wildman–Crippen MR) is 112 cm³/mol. The number of nitrogens with one attached hydrogen (secondary N) is 2. The average Bonchev–Trinajstić information content (AvgIpc) is 2.66. The van der Waals surface area contributed by atoms with Crippen LogP contribution in [0.25, 0.3) is 0 Å². The first-order valence-electron chi connectivity index (χ1n) is 8.83. The maximum absolute atomic E-state index is 12.5. The van der Waals surface area contributed by atoms with Gasteiger partial charge in [-0.1, -0.05) is 29.8 Å². The van der Waals surface area contributed by atoms with E-state index in [-0.39, 0.29) is 10.8 Å². The highest BCUT2D eigenvalue weighted by atomic mass is 32.2. The van der Waals surface area contributed by atoms with Crippen LogP contribution in [-0.2, 0) is 10.0 Å². The van der Waals surface area contributed by atoms with Crippen molar-refractivity contribution in [1.29, 1.82) is 0 Å². The van der Waals surface area contributed by atoms with E-state index in [0.717, 1.165) is 22.4 Å². The van der Waals surface area contributed by atoms with Crippen molar-refractivity contribution in [2.75, 3.05) is 10.0 Å². The van der Waals surface area contributed by atoms with E-state index in [1.807, 2.05) is 39.0 Å². The summed E-state index contributed by atoms with van der Waals surface area (Å²) in [5, 5.41) is 2.89. The molecule has 144 valence electrons. The maximum Gasteiger partial charge on any atom is 0.261 e. The van der Waals surface area contributed by atoms with Crippen LogP contribution in [0.4, 0.5) is 11.4 Å². The largest absolute Gasteiger partial charge is 0.322 e. The molecule has 0 aliphatic carbocycles. The van der Waals surface area contributed by atoms with Crippen molar-refractivity contribution < 1.29 is 13.2 Å². The Morgan fingerprint density at radius 2 is 1.46 bits per heavy atom. The number of aryl methyl sites for hydroxylation is 2. The van der Waals surface area contributed by atoms with Crippen LogP contribution in [0.15, 0.2) is 71.6 Å². The average molecular weight is 394 g/mol. The summed E-state index contributed by atoms with van der Waals surface area (Å²) in [4.78, 5) is 12.7. The van der Waals surface area contributed by atoms with Crippen LogP contribution in [0.2, 0.25) is 0 Å². The standard InChI is InChI=1S/C22H22N2O3S/c1-15-7-13-20(14-8-15)28(26,27)24-19-11-9-18(10-12-19)22(25)23-21-6-4-5-16(2)17(21)3/h4-14,24H,1-3H3,(H,23,25). The number of sulfonamides is 1. The molecule has 3 aromatic carbocycles. The van der Waals surface area contributed by atoms with Crippen molar-refractivity contribution in [2.24, 2.45) is 0 Å². The van der Waals surface area contributed by atoms with E-state index >= 15 is 0 Å². The van der Waals surface area contributed by atoms with E-state index in [0.29, 0.717) is 11.3 Å². The van der Waals surface area contributed by atoms with Gasteiger partial charge in [0.25, 0.3) is 15.9 Å². The van der Waals surface area contributed by atoms with Gasteiger partial charge in [0, 0.05) is 16.9 Å². The molecule has 0 fully saturated rings. The van der Waals surface area contributed by atoms with Gasteiger partial charge >= 0.3 is 0 Å². The Hall–Kier alpha value is -3.12. The van der Waals surface area contributed by atoms with Crippen LogP contribution in [0.3, 0.4) is 0 Å². The molecular formula is C22H22N2O3S. The highest BCUT2D eigenvalue weighted by molar-refractivity contribution is 7.92. The van der Waals surface area contributed by atoms with Crippen molar-refractivity contribution in [2.45, 2.75) is 25.7 Å². The predicted octanol–water partition coefficient (Wildman–Crippen LogP) is 4.66. The number of carbonyl (C=O) groups excluding carboxylic acids is 1. The number of amides is 1. The summed E-state index contributed by atoms with van der Waals surface area (Å²) in [6, 6.07) is 18.7. The zero-order valence-electron chi connectivity index (χ0n) is 16.0. The zero-order chi connectivity index (χ0) is 20.3. The Morgan fingerprint density at radius 1 is 0.821 bits per heavy atom. The van der Waals surface area contributed by atoms with Crippen LogP contribution in [0.1, 0.15) is 27.0 Å². The van der Waals surface area contributed by atoms with Gasteiger partial charge in [-0.15, -0.1) is 0 Å². The highest BCUT2D eigenvalue weighted by Gasteiger charge is 2.14. The van der Waals surface area contributed by atoms with Gasteiger partial charge in [-0.25, -0.2) is 8.42 Å². The fraction of sp³-hybridized carbons (Fsp3) is 0.136. The third-order valence-electron chi connectivity index (χ3n) is 4.58. The van der Waals surface area contributed by atoms with Crippen LogP contribution < -0.4 is 10.0 Å². The Balaban J connectivity index is 1.73. The number of rotatable bonds is 5. The van der Waals surface area contributed by atoms with E-state index in [2.05, 4.69) is 10.0 Å². The molecule has 28 heavy (non-hydrogen) atoms. The van der Waals surface area contributed by atoms with Crippen LogP contribution in [0, 0.1) is 20.8 Å². The normalized spacial score (nSPS) is 11.1. The first-order chi connectivity index (χ1) is 13.3. The lowest BCUT2D eigenvalue weighted by molar-refractivity contribution is 0.102. The summed E-state index contributed by atoms with van der Waals surface area (Å²) >= 11 is 0. The number of anilines is 2. The summed E-state index contributed by atoms with van der Waals surface area (Å²) < 4.78 is 27.4. The van der Waals surface area contributed by atoms with Gasteiger partial charge in [0.1, 0.15) is 0 Å². The smallest absolute Gasteiger partial charge is 0.261 e. The molecule has 0 radical (unpaired) electrons. The van der Waals surface area contributed by atoms with Crippen LogP contribution in [0.5, 0.6) is 0 Å². The van der Waals surface area contributed by atoms with Crippen LogP contribution >= 0.6 is 0 Å². The second-order valence-corrected chi connectivity index (χ2v) is 8.38. The molecule has 0 bridgehead atoms. The molecule has 0 heterocycles. The summed E-state index contributed by atoms with van der Waals surface area (Å²) in [5.41, 5.74) is 4.69. The van der Waals surface area contributed by atoms with Gasteiger partial charge in [-0.2, -0.15) is 0 Å². The van der Waals surface area contributed by atoms with Crippen molar-refractivity contribution in [3.8, 4) is 0 Å². The fourth-order valence-corrected chi connectivity index (χ4v) is 3.76. The first-order valence-corrected chi connectivity index (χ1v) is 10.3. The quantitative estimate of drug-likeness (QED) is 0.661. The van der Waals surface area contributed by atoms with Gasteiger partial charge < -0.3 is 5.32 Å². The molecule has 0 spiro atoms. The Bertz CT molecular complexity index is 1100. The van der Waals surface area contributed by atoms with Gasteiger partial charge in [0.2, 0.25) is 0 Å². The monoisotopic (exact) mass is 394 g/mol. The molecule has 3 aromatic rings. The first kappa shape index (κ1) is 19.6. The Kier molecular flexibility index (Phi) is 5.51. The summed E-state index contributed by atoms with van der Waals surface area (Å²) in [6.07, 6.45) is 0. The van der Waals surface area contributed by atoms with Crippen molar-refractivity contribution in [1.82, 2.24) is 0 Å². The minimum Gasteiger partial charge on any atom is -0.322 e. The molecule has 0 saturated heterocycles. The minimum atomic E-state index is -3.67. The zero-order valence-corrected chi connectivity index (χ0v) is 16.8. The third-order valence-corrected chi connectivity index (χ3v) is 5.98. The van der Waals surface area contributed by atoms with E-state index in [4.69, 9.17) is 0 Å². The van der Waals surface area contributed by atoms with Gasteiger partial charge in [0.15, 0.2) is 0 Å². The van der Waals surface area contributed by atoms with E-state index in [9.17, 15) is 13.2 Å². The SMILES string of the molecule is Cc1ccc(S(=O)(=O)Nc2ccc(C(=O)Nc3cccc(C)c3C)cc2)cc1. The van der Waals surface area contributed by atoms with Gasteiger partial charge in [-0.3, -0.25) is 9.52 Å². The second-order valence-electron chi connectivity index (χ2n) is 6.70. The van der Waals surface area contributed by atoms with Crippen LogP contribution in [-0.4, -0.2) is 14.3 Å². The summed E-state index contributed by atoms with van der Waals surface area (Å²) in [6.45, 7) is 5.83. The molecule has 0 aliphatic rings. The molecule has 2 N–H and O–H groups in total. The lowest BCUT2D eigenvalue weighted by Gasteiger charge is -2.11. The lowest BCUT2D eigenvalue weighted by Crippen LogP contribution is -2.14. The maximum atomic E-state index is 12.5. The Labute approximate surface area is 165 Å². The number of carbonyl (C=O) groups is 1. The molecule has 5 nitrogen and oxygen atoms in total. The van der Waals surface area contributed by atoms with E-state index < -0.39 is 10.0 Å².